The van der Waals surface area contributed by atoms with Gasteiger partial charge in [0, 0.05) is 61.1 Å². The maximum atomic E-state index is 12.9. The summed E-state index contributed by atoms with van der Waals surface area (Å²) >= 11 is 0. The van der Waals surface area contributed by atoms with Crippen LogP contribution in [0.3, 0.4) is 0 Å². The zero-order valence-corrected chi connectivity index (χ0v) is 23.6. The summed E-state index contributed by atoms with van der Waals surface area (Å²) in [5.41, 5.74) is 3.81. The van der Waals surface area contributed by atoms with Crippen molar-refractivity contribution in [3.63, 3.8) is 0 Å². The number of hydrogen-bond donors (Lipinski definition) is 2. The number of hydrogen-bond acceptors (Lipinski definition) is 8. The molecule has 2 N–H and O–H groups in total. The molecule has 0 aliphatic carbocycles. The summed E-state index contributed by atoms with van der Waals surface area (Å²) in [4.78, 5) is 45.0. The van der Waals surface area contributed by atoms with Gasteiger partial charge >= 0.3 is 6.09 Å². The topological polar surface area (TPSA) is 122 Å². The molecule has 1 fully saturated rings. The number of nitrogens with one attached hydrogen (secondary N) is 2. The van der Waals surface area contributed by atoms with E-state index in [9.17, 15) is 9.59 Å². The second-order valence-electron chi connectivity index (χ2n) is 11.0. The largest absolute Gasteiger partial charge is 0.444 e. The molecule has 1 aliphatic heterocycles. The van der Waals surface area contributed by atoms with Crippen LogP contribution in [0.4, 0.5) is 22.2 Å². The van der Waals surface area contributed by atoms with Crippen molar-refractivity contribution >= 4 is 40.2 Å². The summed E-state index contributed by atoms with van der Waals surface area (Å²) in [6.07, 6.45) is 11.2. The molecule has 1 aromatic carbocycles. The van der Waals surface area contributed by atoms with Gasteiger partial charge in [0.1, 0.15) is 11.4 Å². The van der Waals surface area contributed by atoms with Gasteiger partial charge < -0.3 is 15.0 Å². The molecule has 0 unspecified atom stereocenters. The average Bonchev–Trinajstić information content (AvgIpc) is 2.93. The molecule has 0 bridgehead atoms. The monoisotopic (exact) mass is 551 g/mol. The molecule has 10 heteroatoms. The number of aryl methyl sites for hydroxylation is 1. The van der Waals surface area contributed by atoms with Crippen LogP contribution in [0, 0.1) is 6.92 Å². The maximum absolute atomic E-state index is 12.9. The van der Waals surface area contributed by atoms with E-state index in [1.807, 2.05) is 45.9 Å². The van der Waals surface area contributed by atoms with Crippen LogP contribution in [-0.2, 0) is 9.53 Å². The van der Waals surface area contributed by atoms with E-state index in [1.165, 1.54) is 0 Å². The lowest BCUT2D eigenvalue weighted by Gasteiger charge is -2.28. The van der Waals surface area contributed by atoms with Crippen molar-refractivity contribution in [3.8, 4) is 11.1 Å². The highest BCUT2D eigenvalue weighted by Gasteiger charge is 2.19. The lowest BCUT2D eigenvalue weighted by atomic mass is 9.99. The second kappa shape index (κ2) is 11.7. The quantitative estimate of drug-likeness (QED) is 0.294. The molecule has 0 saturated carbocycles. The Kier molecular flexibility index (Phi) is 7.91. The van der Waals surface area contributed by atoms with Gasteiger partial charge in [0.15, 0.2) is 0 Å². The molecular formula is C31H33N7O3. The van der Waals surface area contributed by atoms with Crippen molar-refractivity contribution in [2.75, 3.05) is 28.6 Å². The number of carbonyl (C=O) groups excluding carboxylic acids is 2. The van der Waals surface area contributed by atoms with Gasteiger partial charge in [-0.3, -0.25) is 15.1 Å². The second-order valence-corrected chi connectivity index (χ2v) is 11.0. The molecule has 10 nitrogen and oxygen atoms in total. The van der Waals surface area contributed by atoms with E-state index >= 15 is 0 Å². The standard InChI is InChI=1S/C31H33N7O3/c1-20-6-11-32-18-24(20)22-15-23-17-27(35-19-25(23)26(16-22)36-30(40)41-31(2,3)4)37-28(39)14-21-7-12-38(13-8-21)29-33-9-5-10-34-29/h5-6,9-11,14-19H,7-8,12-13H2,1-4H3,(H,36,40)(H,35,37,39). The zero-order valence-electron chi connectivity index (χ0n) is 23.6. The summed E-state index contributed by atoms with van der Waals surface area (Å²) in [5, 5.41) is 7.28. The van der Waals surface area contributed by atoms with Gasteiger partial charge in [-0.05, 0) is 87.4 Å². The number of piperidine rings is 1. The number of nitrogens with zero attached hydrogens (tertiary/aromatic N) is 5. The third-order valence-electron chi connectivity index (χ3n) is 6.65. The zero-order chi connectivity index (χ0) is 29.0. The lowest BCUT2D eigenvalue weighted by Crippen LogP contribution is -2.32. The average molecular weight is 552 g/mol. The molecule has 2 amide bonds. The van der Waals surface area contributed by atoms with Crippen molar-refractivity contribution in [2.45, 2.75) is 46.1 Å². The van der Waals surface area contributed by atoms with Crippen molar-refractivity contribution in [2.24, 2.45) is 0 Å². The minimum absolute atomic E-state index is 0.234. The fourth-order valence-electron chi connectivity index (χ4n) is 4.71. The molecule has 4 heterocycles. The molecule has 1 aliphatic rings. The van der Waals surface area contributed by atoms with Crippen LogP contribution < -0.4 is 15.5 Å². The smallest absolute Gasteiger partial charge is 0.412 e. The van der Waals surface area contributed by atoms with E-state index in [-0.39, 0.29) is 5.91 Å². The number of fused-ring (bicyclic) bond motifs is 1. The number of benzene rings is 1. The third kappa shape index (κ3) is 7.02. The van der Waals surface area contributed by atoms with Gasteiger partial charge in [-0.25, -0.2) is 19.7 Å². The summed E-state index contributed by atoms with van der Waals surface area (Å²) in [7, 11) is 0. The number of rotatable bonds is 5. The number of anilines is 3. The molecule has 3 aromatic heterocycles. The van der Waals surface area contributed by atoms with Gasteiger partial charge in [-0.1, -0.05) is 5.57 Å². The lowest BCUT2D eigenvalue weighted by molar-refractivity contribution is -0.112. The Morgan fingerprint density at radius 3 is 2.44 bits per heavy atom. The van der Waals surface area contributed by atoms with E-state index in [4.69, 9.17) is 4.74 Å². The highest BCUT2D eigenvalue weighted by molar-refractivity contribution is 6.05. The fourth-order valence-corrected chi connectivity index (χ4v) is 4.71. The van der Waals surface area contributed by atoms with E-state index < -0.39 is 11.7 Å². The fraction of sp³-hybridized carbons (Fsp3) is 0.290. The first-order chi connectivity index (χ1) is 19.6. The Morgan fingerprint density at radius 2 is 1.73 bits per heavy atom. The van der Waals surface area contributed by atoms with Crippen molar-refractivity contribution in [1.82, 2.24) is 19.9 Å². The summed E-state index contributed by atoms with van der Waals surface area (Å²) in [6, 6.07) is 9.41. The number of amides is 2. The van der Waals surface area contributed by atoms with Gasteiger partial charge in [0.25, 0.3) is 0 Å². The van der Waals surface area contributed by atoms with Gasteiger partial charge in [-0.15, -0.1) is 0 Å². The first kappa shape index (κ1) is 27.7. The molecule has 41 heavy (non-hydrogen) atoms. The van der Waals surface area contributed by atoms with E-state index in [0.717, 1.165) is 53.6 Å². The molecule has 0 atom stereocenters. The van der Waals surface area contributed by atoms with Gasteiger partial charge in [0.05, 0.1) is 5.69 Å². The first-order valence-corrected chi connectivity index (χ1v) is 13.5. The Hall–Kier alpha value is -4.86. The highest BCUT2D eigenvalue weighted by atomic mass is 16.6. The molecular weight excluding hydrogens is 518 g/mol. The molecule has 210 valence electrons. The van der Waals surface area contributed by atoms with E-state index in [0.29, 0.717) is 22.8 Å². The molecule has 0 spiro atoms. The van der Waals surface area contributed by atoms with Crippen molar-refractivity contribution < 1.29 is 14.3 Å². The predicted octanol–water partition coefficient (Wildman–Crippen LogP) is 5.91. The number of ether oxygens (including phenoxy) is 1. The number of aromatic nitrogens is 4. The van der Waals surface area contributed by atoms with E-state index in [2.05, 4.69) is 35.5 Å². The normalized spacial score (nSPS) is 13.6. The van der Waals surface area contributed by atoms with Gasteiger partial charge in [-0.2, -0.15) is 0 Å². The van der Waals surface area contributed by atoms with E-state index in [1.54, 1.807) is 49.2 Å². The molecule has 4 aromatic rings. The summed E-state index contributed by atoms with van der Waals surface area (Å²) in [6.45, 7) is 8.95. The third-order valence-corrected chi connectivity index (χ3v) is 6.65. The minimum Gasteiger partial charge on any atom is -0.444 e. The highest BCUT2D eigenvalue weighted by Crippen LogP contribution is 2.33. The Labute approximate surface area is 238 Å². The minimum atomic E-state index is -0.645. The van der Waals surface area contributed by atoms with Crippen LogP contribution in [0.5, 0.6) is 0 Å². The van der Waals surface area contributed by atoms with Crippen molar-refractivity contribution in [1.29, 1.82) is 0 Å². The number of pyridine rings is 2. The maximum Gasteiger partial charge on any atom is 0.412 e. The molecule has 0 radical (unpaired) electrons. The number of carbonyl (C=O) groups is 2. The van der Waals surface area contributed by atoms with Gasteiger partial charge in [0.2, 0.25) is 11.9 Å². The Bertz CT molecular complexity index is 1600. The van der Waals surface area contributed by atoms with Crippen molar-refractivity contribution in [3.05, 3.63) is 78.5 Å². The van der Waals surface area contributed by atoms with Crippen LogP contribution in [-0.4, -0.2) is 50.6 Å². The van der Waals surface area contributed by atoms with Crippen LogP contribution in [0.25, 0.3) is 21.9 Å². The Morgan fingerprint density at radius 1 is 0.976 bits per heavy atom. The first-order valence-electron chi connectivity index (χ1n) is 13.5. The SMILES string of the molecule is Cc1ccncc1-c1cc(NC(=O)OC(C)(C)C)c2cnc(NC(=O)C=C3CCN(c4ncccn4)CC3)cc2c1. The summed E-state index contributed by atoms with van der Waals surface area (Å²) in [5.74, 6) is 0.887. The summed E-state index contributed by atoms with van der Waals surface area (Å²) < 4.78 is 5.48. The van der Waals surface area contributed by atoms with Crippen LogP contribution in [0.1, 0.15) is 39.2 Å². The van der Waals surface area contributed by atoms with Crippen LogP contribution in [0.15, 0.2) is 73.0 Å². The predicted molar refractivity (Wildman–Crippen MR) is 160 cm³/mol. The van der Waals surface area contributed by atoms with Crippen LogP contribution >= 0.6 is 0 Å². The van der Waals surface area contributed by atoms with Crippen LogP contribution in [0.2, 0.25) is 0 Å². The molecule has 1 saturated heterocycles. The molecule has 5 rings (SSSR count). The Balaban J connectivity index is 1.37.